The lowest BCUT2D eigenvalue weighted by molar-refractivity contribution is -0.122. The van der Waals surface area contributed by atoms with Crippen molar-refractivity contribution in [3.63, 3.8) is 0 Å². The molecule has 0 spiro atoms. The largest absolute Gasteiger partial charge is 0.383 e. The minimum absolute atomic E-state index is 0.200. The summed E-state index contributed by atoms with van der Waals surface area (Å²) in [6.07, 6.45) is 4.39. The average molecular weight is 257 g/mol. The summed E-state index contributed by atoms with van der Waals surface area (Å²) in [7, 11) is 1.57. The predicted molar refractivity (Wildman–Crippen MR) is 68.3 cm³/mol. The summed E-state index contributed by atoms with van der Waals surface area (Å²) in [6, 6.07) is -0.548. The summed E-state index contributed by atoms with van der Waals surface area (Å²) < 4.78 is 4.83. The molecule has 6 heteroatoms. The highest BCUT2D eigenvalue weighted by Crippen LogP contribution is 2.17. The molecule has 1 aliphatic carbocycles. The van der Waals surface area contributed by atoms with Crippen molar-refractivity contribution >= 4 is 11.9 Å². The van der Waals surface area contributed by atoms with Crippen molar-refractivity contribution in [3.05, 3.63) is 0 Å². The van der Waals surface area contributed by atoms with Crippen LogP contribution in [0, 0.1) is 0 Å². The fourth-order valence-electron chi connectivity index (χ4n) is 1.99. The number of rotatable bonds is 6. The molecule has 0 radical (unpaired) electrons. The van der Waals surface area contributed by atoms with E-state index in [4.69, 9.17) is 4.74 Å². The van der Waals surface area contributed by atoms with Crippen molar-refractivity contribution in [2.45, 2.75) is 44.7 Å². The number of ether oxygens (including phenoxy) is 1. The van der Waals surface area contributed by atoms with E-state index in [1.54, 1.807) is 14.0 Å². The number of urea groups is 1. The molecular weight excluding hydrogens is 234 g/mol. The molecule has 1 atom stereocenters. The van der Waals surface area contributed by atoms with E-state index in [1.165, 1.54) is 0 Å². The Labute approximate surface area is 108 Å². The molecule has 0 heterocycles. The van der Waals surface area contributed by atoms with Crippen LogP contribution in [-0.4, -0.2) is 44.3 Å². The van der Waals surface area contributed by atoms with E-state index in [0.29, 0.717) is 13.2 Å². The Bertz CT molecular complexity index is 278. The maximum atomic E-state index is 11.6. The van der Waals surface area contributed by atoms with Crippen LogP contribution in [0.5, 0.6) is 0 Å². The second kappa shape index (κ2) is 7.92. The van der Waals surface area contributed by atoms with Gasteiger partial charge in [-0.15, -0.1) is 0 Å². The number of methoxy groups -OCH3 is 1. The van der Waals surface area contributed by atoms with Crippen molar-refractivity contribution in [3.8, 4) is 0 Å². The number of carbonyl (C=O) groups excluding carboxylic acids is 2. The third kappa shape index (κ3) is 5.35. The molecule has 1 unspecified atom stereocenters. The maximum absolute atomic E-state index is 11.6. The van der Waals surface area contributed by atoms with Crippen molar-refractivity contribution in [2.75, 3.05) is 20.3 Å². The molecule has 0 aromatic carbocycles. The summed E-state index contributed by atoms with van der Waals surface area (Å²) in [5.41, 5.74) is 0. The third-order valence-electron chi connectivity index (χ3n) is 3.04. The molecular formula is C12H23N3O3. The molecule has 1 aliphatic rings. The second-order valence-corrected chi connectivity index (χ2v) is 4.60. The Hall–Kier alpha value is -1.30. The number of hydrogen-bond acceptors (Lipinski definition) is 3. The Balaban J connectivity index is 2.18. The van der Waals surface area contributed by atoms with Crippen LogP contribution in [0.1, 0.15) is 32.6 Å². The second-order valence-electron chi connectivity index (χ2n) is 4.60. The van der Waals surface area contributed by atoms with Gasteiger partial charge in [0.15, 0.2) is 0 Å². The SMILES string of the molecule is COCCNC(=O)C(C)NC(=O)NC1CCCC1. The molecule has 0 aliphatic heterocycles. The van der Waals surface area contributed by atoms with E-state index in [0.717, 1.165) is 25.7 Å². The quantitative estimate of drug-likeness (QED) is 0.602. The molecule has 0 aromatic rings. The molecule has 3 amide bonds. The van der Waals surface area contributed by atoms with E-state index in [2.05, 4.69) is 16.0 Å². The number of amides is 3. The average Bonchev–Trinajstić information content (AvgIpc) is 2.81. The Kier molecular flexibility index (Phi) is 6.49. The monoisotopic (exact) mass is 257 g/mol. The minimum Gasteiger partial charge on any atom is -0.383 e. The van der Waals surface area contributed by atoms with E-state index in [9.17, 15) is 9.59 Å². The first kappa shape index (κ1) is 14.8. The highest BCUT2D eigenvalue weighted by molar-refractivity contribution is 5.86. The third-order valence-corrected chi connectivity index (χ3v) is 3.04. The summed E-state index contributed by atoms with van der Waals surface area (Å²) >= 11 is 0. The van der Waals surface area contributed by atoms with E-state index in [1.807, 2.05) is 0 Å². The fraction of sp³-hybridized carbons (Fsp3) is 0.833. The van der Waals surface area contributed by atoms with Crippen LogP contribution in [-0.2, 0) is 9.53 Å². The van der Waals surface area contributed by atoms with Gasteiger partial charge in [-0.1, -0.05) is 12.8 Å². The first-order chi connectivity index (χ1) is 8.63. The van der Waals surface area contributed by atoms with Gasteiger partial charge < -0.3 is 20.7 Å². The van der Waals surface area contributed by atoms with Crippen molar-refractivity contribution in [2.24, 2.45) is 0 Å². The Morgan fingerprint density at radius 1 is 1.33 bits per heavy atom. The van der Waals surface area contributed by atoms with E-state index in [-0.39, 0.29) is 18.0 Å². The van der Waals surface area contributed by atoms with Crippen LogP contribution in [0.4, 0.5) is 4.79 Å². The molecule has 104 valence electrons. The molecule has 0 saturated heterocycles. The van der Waals surface area contributed by atoms with Gasteiger partial charge in [-0.2, -0.15) is 0 Å². The molecule has 3 N–H and O–H groups in total. The van der Waals surface area contributed by atoms with Crippen molar-refractivity contribution < 1.29 is 14.3 Å². The van der Waals surface area contributed by atoms with E-state index < -0.39 is 6.04 Å². The van der Waals surface area contributed by atoms with Crippen LogP contribution >= 0.6 is 0 Å². The highest BCUT2D eigenvalue weighted by atomic mass is 16.5. The van der Waals surface area contributed by atoms with Gasteiger partial charge in [0, 0.05) is 19.7 Å². The first-order valence-electron chi connectivity index (χ1n) is 6.47. The van der Waals surface area contributed by atoms with Crippen LogP contribution < -0.4 is 16.0 Å². The van der Waals surface area contributed by atoms with Gasteiger partial charge in [-0.05, 0) is 19.8 Å². The van der Waals surface area contributed by atoms with Gasteiger partial charge in [0.25, 0.3) is 0 Å². The standard InChI is InChI=1S/C12H23N3O3/c1-9(11(16)13-7-8-18-2)14-12(17)15-10-5-3-4-6-10/h9-10H,3-8H2,1-2H3,(H,13,16)(H2,14,15,17). The summed E-state index contributed by atoms with van der Waals surface area (Å²) in [5.74, 6) is -0.200. The van der Waals surface area contributed by atoms with Crippen LogP contribution in [0.25, 0.3) is 0 Å². The molecule has 1 saturated carbocycles. The molecule has 18 heavy (non-hydrogen) atoms. The Morgan fingerprint density at radius 2 is 2.00 bits per heavy atom. The lowest BCUT2D eigenvalue weighted by atomic mass is 10.2. The topological polar surface area (TPSA) is 79.5 Å². The minimum atomic E-state index is -0.539. The van der Waals surface area contributed by atoms with Gasteiger partial charge in [0.2, 0.25) is 5.91 Å². The number of carbonyl (C=O) groups is 2. The number of nitrogens with one attached hydrogen (secondary N) is 3. The highest BCUT2D eigenvalue weighted by Gasteiger charge is 2.19. The maximum Gasteiger partial charge on any atom is 0.315 e. The van der Waals surface area contributed by atoms with E-state index >= 15 is 0 Å². The van der Waals surface area contributed by atoms with Gasteiger partial charge in [-0.25, -0.2) is 4.79 Å². The zero-order valence-corrected chi connectivity index (χ0v) is 11.1. The van der Waals surface area contributed by atoms with Crippen molar-refractivity contribution in [1.29, 1.82) is 0 Å². The van der Waals surface area contributed by atoms with Gasteiger partial charge in [-0.3, -0.25) is 4.79 Å². The normalized spacial score (nSPS) is 17.2. The molecule has 1 fully saturated rings. The Morgan fingerprint density at radius 3 is 2.61 bits per heavy atom. The van der Waals surface area contributed by atoms with Crippen LogP contribution in [0.3, 0.4) is 0 Å². The lowest BCUT2D eigenvalue weighted by Gasteiger charge is -2.17. The van der Waals surface area contributed by atoms with Gasteiger partial charge >= 0.3 is 6.03 Å². The number of hydrogen-bond donors (Lipinski definition) is 3. The molecule has 1 rings (SSSR count). The van der Waals surface area contributed by atoms with Gasteiger partial charge in [0.1, 0.15) is 6.04 Å². The summed E-state index contributed by atoms with van der Waals surface area (Å²) in [4.78, 5) is 23.2. The summed E-state index contributed by atoms with van der Waals surface area (Å²) in [5, 5.41) is 8.18. The van der Waals surface area contributed by atoms with Gasteiger partial charge in [0.05, 0.1) is 6.61 Å². The smallest absolute Gasteiger partial charge is 0.315 e. The molecule has 0 bridgehead atoms. The summed E-state index contributed by atoms with van der Waals surface area (Å²) in [6.45, 7) is 2.58. The zero-order chi connectivity index (χ0) is 13.4. The lowest BCUT2D eigenvalue weighted by Crippen LogP contribution is -2.50. The molecule has 0 aromatic heterocycles. The predicted octanol–water partition coefficient (Wildman–Crippen LogP) is 0.379. The van der Waals surface area contributed by atoms with Crippen LogP contribution in [0.2, 0.25) is 0 Å². The first-order valence-corrected chi connectivity index (χ1v) is 6.47. The fourth-order valence-corrected chi connectivity index (χ4v) is 1.99. The van der Waals surface area contributed by atoms with Crippen molar-refractivity contribution in [1.82, 2.24) is 16.0 Å². The molecule has 6 nitrogen and oxygen atoms in total. The zero-order valence-electron chi connectivity index (χ0n) is 11.1. The van der Waals surface area contributed by atoms with Crippen LogP contribution in [0.15, 0.2) is 0 Å².